The number of carboxylic acids is 1. The van der Waals surface area contributed by atoms with Crippen LogP contribution in [-0.2, 0) is 4.79 Å². The van der Waals surface area contributed by atoms with Crippen molar-refractivity contribution in [2.75, 3.05) is 0 Å². The Labute approximate surface area is 87.0 Å². The Hall–Kier alpha value is -0.790. The molecule has 1 N–H and O–H groups in total. The van der Waals surface area contributed by atoms with Crippen LogP contribution in [0.1, 0.15) is 47.0 Å². The molecule has 14 heavy (non-hydrogen) atoms. The molecule has 0 aliphatic heterocycles. The zero-order valence-electron chi connectivity index (χ0n) is 9.71. The van der Waals surface area contributed by atoms with Gasteiger partial charge >= 0.3 is 5.97 Å². The molecule has 0 saturated carbocycles. The molecule has 0 heterocycles. The summed E-state index contributed by atoms with van der Waals surface area (Å²) in [7, 11) is 0. The fourth-order valence-corrected chi connectivity index (χ4v) is 1.96. The quantitative estimate of drug-likeness (QED) is 0.663. The second-order valence-corrected chi connectivity index (χ2v) is 3.90. The first-order chi connectivity index (χ1) is 6.55. The van der Waals surface area contributed by atoms with E-state index in [0.717, 1.165) is 19.3 Å². The van der Waals surface area contributed by atoms with Crippen molar-refractivity contribution in [3.8, 4) is 0 Å². The van der Waals surface area contributed by atoms with E-state index in [2.05, 4.69) is 0 Å². The summed E-state index contributed by atoms with van der Waals surface area (Å²) in [5, 5.41) is 9.34. The molecule has 0 aromatic rings. The molecule has 2 atom stereocenters. The van der Waals surface area contributed by atoms with Gasteiger partial charge < -0.3 is 5.11 Å². The number of allylic oxidation sites excluding steroid dienone is 1. The largest absolute Gasteiger partial charge is 0.481 e. The molecular weight excluding hydrogens is 176 g/mol. The summed E-state index contributed by atoms with van der Waals surface area (Å²) in [6.07, 6.45) is 6.24. The van der Waals surface area contributed by atoms with Gasteiger partial charge in [0.15, 0.2) is 0 Å². The third-order valence-corrected chi connectivity index (χ3v) is 3.02. The van der Waals surface area contributed by atoms with Gasteiger partial charge in [-0.25, -0.2) is 0 Å². The van der Waals surface area contributed by atoms with E-state index in [-0.39, 0.29) is 5.92 Å². The Balaban J connectivity index is 5.03. The smallest absolute Gasteiger partial charge is 0.313 e. The highest BCUT2D eigenvalue weighted by Crippen LogP contribution is 2.37. The summed E-state index contributed by atoms with van der Waals surface area (Å²) in [6.45, 7) is 7.98. The van der Waals surface area contributed by atoms with E-state index in [1.807, 2.05) is 39.8 Å². The van der Waals surface area contributed by atoms with E-state index in [0.29, 0.717) is 0 Å². The monoisotopic (exact) mass is 198 g/mol. The lowest BCUT2D eigenvalue weighted by molar-refractivity contribution is -0.149. The first-order valence-electron chi connectivity index (χ1n) is 5.42. The molecule has 2 heteroatoms. The molecule has 0 aliphatic carbocycles. The highest BCUT2D eigenvalue weighted by molar-refractivity contribution is 5.77. The number of hydrogen-bond acceptors (Lipinski definition) is 1. The number of rotatable bonds is 6. The van der Waals surface area contributed by atoms with Crippen LogP contribution in [0.2, 0.25) is 0 Å². The molecule has 0 saturated heterocycles. The Morgan fingerprint density at radius 2 is 2.07 bits per heavy atom. The van der Waals surface area contributed by atoms with Crippen LogP contribution in [0.15, 0.2) is 12.2 Å². The first-order valence-corrected chi connectivity index (χ1v) is 5.42. The van der Waals surface area contributed by atoms with E-state index in [1.165, 1.54) is 0 Å². The van der Waals surface area contributed by atoms with Crippen molar-refractivity contribution in [1.82, 2.24) is 0 Å². The Bertz CT molecular complexity index is 208. The molecule has 0 aliphatic rings. The maximum atomic E-state index is 11.4. The van der Waals surface area contributed by atoms with Crippen LogP contribution in [0.4, 0.5) is 0 Å². The summed E-state index contributed by atoms with van der Waals surface area (Å²) in [5.74, 6) is -0.497. The second kappa shape index (κ2) is 5.84. The fourth-order valence-electron chi connectivity index (χ4n) is 1.96. The standard InChI is InChI=1S/C12H22O2/c1-5-8-12(9-6-2,11(13)14)10(4)7-3/h5,8,10H,6-7,9H2,1-4H3,(H,13,14). The summed E-state index contributed by atoms with van der Waals surface area (Å²) in [5.41, 5.74) is -0.655. The van der Waals surface area contributed by atoms with Gasteiger partial charge in [-0.05, 0) is 19.3 Å². The predicted octanol–water partition coefficient (Wildman–Crippen LogP) is 3.48. The normalized spacial score (nSPS) is 18.0. The molecule has 2 unspecified atom stereocenters. The third kappa shape index (κ3) is 2.60. The molecule has 0 spiro atoms. The Kier molecular flexibility index (Phi) is 5.51. The minimum absolute atomic E-state index is 0.191. The average molecular weight is 198 g/mol. The van der Waals surface area contributed by atoms with Gasteiger partial charge in [-0.3, -0.25) is 4.79 Å². The van der Waals surface area contributed by atoms with Gasteiger partial charge in [0.1, 0.15) is 0 Å². The highest BCUT2D eigenvalue weighted by atomic mass is 16.4. The number of aliphatic carboxylic acids is 1. The Morgan fingerprint density at radius 1 is 1.50 bits per heavy atom. The van der Waals surface area contributed by atoms with Crippen molar-refractivity contribution in [3.05, 3.63) is 12.2 Å². The van der Waals surface area contributed by atoms with Crippen molar-refractivity contribution >= 4 is 5.97 Å². The minimum atomic E-state index is -0.688. The van der Waals surface area contributed by atoms with Crippen molar-refractivity contribution in [2.45, 2.75) is 47.0 Å². The van der Waals surface area contributed by atoms with Crippen molar-refractivity contribution in [1.29, 1.82) is 0 Å². The molecule has 0 aromatic carbocycles. The topological polar surface area (TPSA) is 37.3 Å². The predicted molar refractivity (Wildman–Crippen MR) is 59.2 cm³/mol. The summed E-state index contributed by atoms with van der Waals surface area (Å²) >= 11 is 0. The van der Waals surface area contributed by atoms with Gasteiger partial charge in [0, 0.05) is 0 Å². The van der Waals surface area contributed by atoms with E-state index < -0.39 is 11.4 Å². The van der Waals surface area contributed by atoms with Gasteiger partial charge in [0.2, 0.25) is 0 Å². The lowest BCUT2D eigenvalue weighted by atomic mass is 9.71. The van der Waals surface area contributed by atoms with E-state index >= 15 is 0 Å². The average Bonchev–Trinajstić information content (AvgIpc) is 2.15. The number of hydrogen-bond donors (Lipinski definition) is 1. The van der Waals surface area contributed by atoms with Gasteiger partial charge in [-0.1, -0.05) is 45.8 Å². The Morgan fingerprint density at radius 3 is 2.36 bits per heavy atom. The summed E-state index contributed by atoms with van der Waals surface area (Å²) in [6, 6.07) is 0. The van der Waals surface area contributed by atoms with Crippen molar-refractivity contribution in [3.63, 3.8) is 0 Å². The van der Waals surface area contributed by atoms with E-state index in [1.54, 1.807) is 0 Å². The van der Waals surface area contributed by atoms with Crippen LogP contribution in [0, 0.1) is 11.3 Å². The maximum absolute atomic E-state index is 11.4. The molecule has 0 radical (unpaired) electrons. The lowest BCUT2D eigenvalue weighted by Crippen LogP contribution is -2.35. The summed E-state index contributed by atoms with van der Waals surface area (Å²) in [4.78, 5) is 11.4. The second-order valence-electron chi connectivity index (χ2n) is 3.90. The molecule has 82 valence electrons. The van der Waals surface area contributed by atoms with Gasteiger partial charge in [0.25, 0.3) is 0 Å². The molecule has 2 nitrogen and oxygen atoms in total. The fraction of sp³-hybridized carbons (Fsp3) is 0.750. The zero-order valence-corrected chi connectivity index (χ0v) is 9.71. The lowest BCUT2D eigenvalue weighted by Gasteiger charge is -2.31. The van der Waals surface area contributed by atoms with Gasteiger partial charge in [0.05, 0.1) is 5.41 Å². The summed E-state index contributed by atoms with van der Waals surface area (Å²) < 4.78 is 0. The number of carboxylic acid groups (broad SMARTS) is 1. The molecule has 0 rings (SSSR count). The van der Waals surface area contributed by atoms with E-state index in [4.69, 9.17) is 0 Å². The van der Waals surface area contributed by atoms with Gasteiger partial charge in [-0.2, -0.15) is 0 Å². The van der Waals surface area contributed by atoms with Crippen LogP contribution in [0.25, 0.3) is 0 Å². The number of carbonyl (C=O) groups is 1. The van der Waals surface area contributed by atoms with Crippen molar-refractivity contribution in [2.24, 2.45) is 11.3 Å². The molecule has 0 bridgehead atoms. The van der Waals surface area contributed by atoms with Crippen LogP contribution in [0.3, 0.4) is 0 Å². The van der Waals surface area contributed by atoms with Crippen LogP contribution < -0.4 is 0 Å². The van der Waals surface area contributed by atoms with Crippen LogP contribution in [-0.4, -0.2) is 11.1 Å². The molecular formula is C12H22O2. The molecule has 0 aromatic heterocycles. The highest BCUT2D eigenvalue weighted by Gasteiger charge is 2.39. The van der Waals surface area contributed by atoms with E-state index in [9.17, 15) is 9.90 Å². The maximum Gasteiger partial charge on any atom is 0.313 e. The minimum Gasteiger partial charge on any atom is -0.481 e. The SMILES string of the molecule is CC=CC(CCC)(C(=O)O)C(C)CC. The molecule has 0 fully saturated rings. The van der Waals surface area contributed by atoms with Gasteiger partial charge in [-0.15, -0.1) is 0 Å². The zero-order chi connectivity index (χ0) is 11.2. The van der Waals surface area contributed by atoms with Crippen molar-refractivity contribution < 1.29 is 9.90 Å². The van der Waals surface area contributed by atoms with Crippen LogP contribution in [0.5, 0.6) is 0 Å². The third-order valence-electron chi connectivity index (χ3n) is 3.02. The molecule has 0 amide bonds. The first kappa shape index (κ1) is 13.2. The van der Waals surface area contributed by atoms with Crippen LogP contribution >= 0.6 is 0 Å².